The maximum Gasteiger partial charge on any atom is 0.251 e. The molecule has 8 heteroatoms. The number of hydrogen-bond donors (Lipinski definition) is 1. The number of carbonyl (C=O) groups excluding carboxylic acids is 1. The lowest BCUT2D eigenvalue weighted by molar-refractivity contribution is 0.0940. The molecule has 0 saturated carbocycles. The molecule has 1 amide bonds. The quantitative estimate of drug-likeness (QED) is 0.614. The fourth-order valence-electron chi connectivity index (χ4n) is 4.29. The van der Waals surface area contributed by atoms with Crippen molar-refractivity contribution in [1.82, 2.24) is 14.5 Å². The van der Waals surface area contributed by atoms with E-state index in [-0.39, 0.29) is 17.7 Å². The first-order chi connectivity index (χ1) is 16.0. The smallest absolute Gasteiger partial charge is 0.251 e. The minimum Gasteiger partial charge on any atom is -0.496 e. The summed E-state index contributed by atoms with van der Waals surface area (Å²) < 4.78 is 32.6. The predicted molar refractivity (Wildman–Crippen MR) is 136 cm³/mol. The Kier molecular flexibility index (Phi) is 8.38. The molecule has 1 N–H and O–H groups in total. The molecule has 1 saturated heterocycles. The molecule has 0 bridgehead atoms. The molecular formula is C26H37N3O4S. The lowest BCUT2D eigenvalue weighted by atomic mass is 9.93. The molecule has 0 aliphatic carbocycles. The van der Waals surface area contributed by atoms with Crippen LogP contribution in [0.2, 0.25) is 0 Å². The number of benzene rings is 2. The largest absolute Gasteiger partial charge is 0.496 e. The van der Waals surface area contributed by atoms with E-state index >= 15 is 0 Å². The Labute approximate surface area is 204 Å². The van der Waals surface area contributed by atoms with Crippen LogP contribution >= 0.6 is 0 Å². The number of nitrogens with zero attached hydrogens (tertiary/aromatic N) is 2. The van der Waals surface area contributed by atoms with E-state index in [0.29, 0.717) is 30.1 Å². The Hall–Kier alpha value is -2.42. The maximum atomic E-state index is 12.9. The second-order valence-corrected chi connectivity index (χ2v) is 11.4. The van der Waals surface area contributed by atoms with Gasteiger partial charge in [-0.1, -0.05) is 26.0 Å². The van der Waals surface area contributed by atoms with Gasteiger partial charge in [0.25, 0.3) is 5.91 Å². The fourth-order valence-corrected chi connectivity index (χ4v) is 5.80. The van der Waals surface area contributed by atoms with E-state index < -0.39 is 10.0 Å². The number of piperazine rings is 1. The number of aryl methyl sites for hydroxylation is 1. The molecule has 0 aromatic heterocycles. The molecule has 0 unspecified atom stereocenters. The average molecular weight is 488 g/mol. The Morgan fingerprint density at radius 1 is 1.03 bits per heavy atom. The van der Waals surface area contributed by atoms with Crippen LogP contribution in [0.4, 0.5) is 0 Å². The van der Waals surface area contributed by atoms with Gasteiger partial charge in [0.1, 0.15) is 5.75 Å². The number of hydrogen-bond acceptors (Lipinski definition) is 5. The van der Waals surface area contributed by atoms with Gasteiger partial charge in [0.2, 0.25) is 10.0 Å². The van der Waals surface area contributed by atoms with Crippen molar-refractivity contribution in [3.8, 4) is 5.75 Å². The van der Waals surface area contributed by atoms with Crippen LogP contribution in [-0.4, -0.2) is 63.9 Å². The van der Waals surface area contributed by atoms with Crippen molar-refractivity contribution in [2.75, 3.05) is 40.3 Å². The van der Waals surface area contributed by atoms with Crippen LogP contribution in [0.3, 0.4) is 0 Å². The number of rotatable bonds is 8. The Bertz CT molecular complexity index is 1110. The summed E-state index contributed by atoms with van der Waals surface area (Å²) in [7, 11) is 0.292. The molecular weight excluding hydrogens is 450 g/mol. The zero-order chi connectivity index (χ0) is 25.0. The lowest BCUT2D eigenvalue weighted by Crippen LogP contribution is -2.47. The highest BCUT2D eigenvalue weighted by Crippen LogP contribution is 2.32. The van der Waals surface area contributed by atoms with Crippen LogP contribution in [0, 0.1) is 6.92 Å². The van der Waals surface area contributed by atoms with Crippen molar-refractivity contribution in [2.45, 2.75) is 45.4 Å². The monoisotopic (exact) mass is 487 g/mol. The summed E-state index contributed by atoms with van der Waals surface area (Å²) in [6.07, 6.45) is 0. The Morgan fingerprint density at radius 2 is 1.65 bits per heavy atom. The van der Waals surface area contributed by atoms with Gasteiger partial charge in [-0.25, -0.2) is 8.42 Å². The van der Waals surface area contributed by atoms with Gasteiger partial charge >= 0.3 is 0 Å². The normalized spacial score (nSPS) is 16.4. The Balaban J connectivity index is 1.67. The second-order valence-electron chi connectivity index (χ2n) is 9.46. The molecule has 1 atom stereocenters. The standard InChI is InChI=1S/C26H37N3O4S/c1-18(2)23-16-24(19(3)15-25(23)33-6)20(4)27-26(30)22-9-7-21(8-10-22)17-34(31,32)29-13-11-28(5)12-14-29/h7-10,15-16,18,20H,11-14,17H2,1-6H3,(H,27,30)/t20-/m1/s1. The summed E-state index contributed by atoms with van der Waals surface area (Å²) in [6.45, 7) is 10.7. The highest BCUT2D eigenvalue weighted by Gasteiger charge is 2.26. The first kappa shape index (κ1) is 26.2. The van der Waals surface area contributed by atoms with E-state index in [1.54, 1.807) is 35.7 Å². The van der Waals surface area contributed by atoms with Gasteiger partial charge in [-0.2, -0.15) is 4.31 Å². The molecule has 7 nitrogen and oxygen atoms in total. The summed E-state index contributed by atoms with van der Waals surface area (Å²) in [5.41, 5.74) is 4.39. The third-order valence-corrected chi connectivity index (χ3v) is 8.33. The summed E-state index contributed by atoms with van der Waals surface area (Å²) in [5.74, 6) is 0.906. The maximum absolute atomic E-state index is 12.9. The van der Waals surface area contributed by atoms with E-state index in [1.165, 1.54) is 0 Å². The molecule has 0 radical (unpaired) electrons. The number of nitrogens with one attached hydrogen (secondary N) is 1. The molecule has 186 valence electrons. The zero-order valence-electron chi connectivity index (χ0n) is 21.1. The minimum atomic E-state index is -3.37. The minimum absolute atomic E-state index is 0.0575. The third kappa shape index (κ3) is 6.17. The lowest BCUT2D eigenvalue weighted by Gasteiger charge is -2.31. The van der Waals surface area contributed by atoms with Gasteiger partial charge in [-0.3, -0.25) is 4.79 Å². The highest BCUT2D eigenvalue weighted by molar-refractivity contribution is 7.88. The highest BCUT2D eigenvalue weighted by atomic mass is 32.2. The first-order valence-corrected chi connectivity index (χ1v) is 13.4. The van der Waals surface area contributed by atoms with Crippen molar-refractivity contribution in [3.05, 3.63) is 64.2 Å². The van der Waals surface area contributed by atoms with E-state index in [9.17, 15) is 13.2 Å². The van der Waals surface area contributed by atoms with Crippen molar-refractivity contribution in [1.29, 1.82) is 0 Å². The molecule has 1 aliphatic rings. The van der Waals surface area contributed by atoms with Gasteiger partial charge in [0.05, 0.1) is 18.9 Å². The summed E-state index contributed by atoms with van der Waals surface area (Å²) in [4.78, 5) is 15.0. The van der Waals surface area contributed by atoms with Crippen LogP contribution in [0.25, 0.3) is 0 Å². The number of likely N-dealkylation sites (N-methyl/N-ethyl adjacent to an activating group) is 1. The molecule has 1 aliphatic heterocycles. The Morgan fingerprint density at radius 3 is 2.21 bits per heavy atom. The number of carbonyl (C=O) groups is 1. The number of ether oxygens (including phenoxy) is 1. The SMILES string of the molecule is COc1cc(C)c([C@@H](C)NC(=O)c2ccc(CS(=O)(=O)N3CCN(C)CC3)cc2)cc1C(C)C. The van der Waals surface area contributed by atoms with Gasteiger partial charge in [0.15, 0.2) is 0 Å². The summed E-state index contributed by atoms with van der Waals surface area (Å²) >= 11 is 0. The number of sulfonamides is 1. The van der Waals surface area contributed by atoms with Gasteiger partial charge in [0, 0.05) is 31.7 Å². The van der Waals surface area contributed by atoms with Crippen molar-refractivity contribution < 1.29 is 17.9 Å². The predicted octanol–water partition coefficient (Wildman–Crippen LogP) is 3.70. The van der Waals surface area contributed by atoms with Gasteiger partial charge in [-0.05, 0) is 73.3 Å². The first-order valence-electron chi connectivity index (χ1n) is 11.8. The molecule has 34 heavy (non-hydrogen) atoms. The van der Waals surface area contributed by atoms with Crippen LogP contribution < -0.4 is 10.1 Å². The van der Waals surface area contributed by atoms with Crippen LogP contribution in [0.1, 0.15) is 65.3 Å². The van der Waals surface area contributed by atoms with Crippen LogP contribution in [0.15, 0.2) is 36.4 Å². The van der Waals surface area contributed by atoms with E-state index in [4.69, 9.17) is 4.74 Å². The van der Waals surface area contributed by atoms with Crippen LogP contribution in [0.5, 0.6) is 5.75 Å². The summed E-state index contributed by atoms with van der Waals surface area (Å²) in [6, 6.07) is 10.8. The topological polar surface area (TPSA) is 78.9 Å². The van der Waals surface area contributed by atoms with Gasteiger partial charge < -0.3 is 15.0 Å². The second kappa shape index (κ2) is 10.9. The molecule has 3 rings (SSSR count). The zero-order valence-corrected chi connectivity index (χ0v) is 21.9. The van der Waals surface area contributed by atoms with Gasteiger partial charge in [-0.15, -0.1) is 0 Å². The molecule has 1 heterocycles. The van der Waals surface area contributed by atoms with Crippen LogP contribution in [-0.2, 0) is 15.8 Å². The van der Waals surface area contributed by atoms with Crippen molar-refractivity contribution in [2.24, 2.45) is 0 Å². The third-order valence-electron chi connectivity index (χ3n) is 6.48. The molecule has 2 aromatic rings. The van der Waals surface area contributed by atoms with Crippen molar-refractivity contribution in [3.63, 3.8) is 0 Å². The molecule has 2 aromatic carbocycles. The van der Waals surface area contributed by atoms with E-state index in [1.807, 2.05) is 27.0 Å². The summed E-state index contributed by atoms with van der Waals surface area (Å²) in [5, 5.41) is 3.07. The fraction of sp³-hybridized carbons (Fsp3) is 0.500. The molecule has 0 spiro atoms. The number of methoxy groups -OCH3 is 1. The number of amides is 1. The average Bonchev–Trinajstić information content (AvgIpc) is 2.78. The van der Waals surface area contributed by atoms with E-state index in [2.05, 4.69) is 30.1 Å². The van der Waals surface area contributed by atoms with Crippen molar-refractivity contribution >= 4 is 15.9 Å². The van der Waals surface area contributed by atoms with E-state index in [0.717, 1.165) is 35.5 Å². The molecule has 1 fully saturated rings.